The summed E-state index contributed by atoms with van der Waals surface area (Å²) < 4.78 is 0. The molecule has 3 heteroatoms. The first-order valence-electron chi connectivity index (χ1n) is 8.85. The van der Waals surface area contributed by atoms with E-state index in [2.05, 4.69) is 40.1 Å². The maximum atomic E-state index is 12.3. The molecule has 120 valence electrons. The monoisotopic (exact) mass is 300 g/mol. The van der Waals surface area contributed by atoms with Gasteiger partial charge in [-0.2, -0.15) is 0 Å². The number of hydrogen-bond acceptors (Lipinski definition) is 2. The minimum absolute atomic E-state index is 0.381. The van der Waals surface area contributed by atoms with Gasteiger partial charge in [0.2, 0.25) is 5.91 Å². The van der Waals surface area contributed by atoms with E-state index in [9.17, 15) is 4.79 Å². The highest BCUT2D eigenvalue weighted by Gasteiger charge is 2.22. The molecule has 0 spiro atoms. The average molecular weight is 300 g/mol. The fraction of sp³-hybridized carbons (Fsp3) is 0.632. The van der Waals surface area contributed by atoms with E-state index in [0.717, 1.165) is 51.5 Å². The summed E-state index contributed by atoms with van der Waals surface area (Å²) in [6.45, 7) is 4.81. The Morgan fingerprint density at radius 2 is 1.68 bits per heavy atom. The van der Waals surface area contributed by atoms with E-state index in [1.807, 2.05) is 0 Å². The first kappa shape index (κ1) is 15.5. The van der Waals surface area contributed by atoms with Gasteiger partial charge in [0, 0.05) is 39.1 Å². The van der Waals surface area contributed by atoms with Gasteiger partial charge < -0.3 is 4.90 Å². The summed E-state index contributed by atoms with van der Waals surface area (Å²) >= 11 is 0. The Morgan fingerprint density at radius 1 is 1.00 bits per heavy atom. The fourth-order valence-electron chi connectivity index (χ4n) is 3.78. The molecule has 1 aliphatic carbocycles. The zero-order chi connectivity index (χ0) is 15.2. The molecule has 0 unspecified atom stereocenters. The van der Waals surface area contributed by atoms with Crippen molar-refractivity contribution in [3.8, 4) is 0 Å². The number of nitrogens with zero attached hydrogens (tertiary/aromatic N) is 2. The van der Waals surface area contributed by atoms with Gasteiger partial charge >= 0.3 is 0 Å². The van der Waals surface area contributed by atoms with Crippen molar-refractivity contribution in [2.75, 3.05) is 26.2 Å². The quantitative estimate of drug-likeness (QED) is 0.833. The van der Waals surface area contributed by atoms with Gasteiger partial charge in [0.1, 0.15) is 0 Å². The molecule has 0 atom stereocenters. The lowest BCUT2D eigenvalue weighted by Gasteiger charge is -2.35. The van der Waals surface area contributed by atoms with Crippen molar-refractivity contribution in [1.29, 1.82) is 0 Å². The Kier molecular flexibility index (Phi) is 5.49. The Bertz CT molecular complexity index is 460. The van der Waals surface area contributed by atoms with Gasteiger partial charge in [-0.25, -0.2) is 0 Å². The Hall–Kier alpha value is -1.35. The molecule has 0 aromatic heterocycles. The molecule has 1 aliphatic heterocycles. The normalized spacial score (nSPS) is 20.5. The summed E-state index contributed by atoms with van der Waals surface area (Å²) in [6.07, 6.45) is 7.32. The minimum atomic E-state index is 0.381. The van der Waals surface area contributed by atoms with E-state index in [0.29, 0.717) is 5.91 Å². The molecule has 1 saturated carbocycles. The van der Waals surface area contributed by atoms with Crippen LogP contribution in [0.1, 0.15) is 44.1 Å². The second-order valence-electron chi connectivity index (χ2n) is 6.83. The molecule has 0 bridgehead atoms. The predicted octanol–water partition coefficient (Wildman–Crippen LogP) is 3.30. The Morgan fingerprint density at radius 3 is 2.36 bits per heavy atom. The van der Waals surface area contributed by atoms with E-state index in [1.165, 1.54) is 31.2 Å². The van der Waals surface area contributed by atoms with Crippen LogP contribution in [0.15, 0.2) is 30.3 Å². The van der Waals surface area contributed by atoms with Gasteiger partial charge in [0.25, 0.3) is 0 Å². The molecule has 1 amide bonds. The van der Waals surface area contributed by atoms with Crippen LogP contribution in [-0.2, 0) is 11.3 Å². The van der Waals surface area contributed by atoms with Crippen LogP contribution >= 0.6 is 0 Å². The highest BCUT2D eigenvalue weighted by Crippen LogP contribution is 2.28. The number of rotatable bonds is 5. The maximum Gasteiger partial charge on any atom is 0.222 e. The lowest BCUT2D eigenvalue weighted by Crippen LogP contribution is -2.48. The lowest BCUT2D eigenvalue weighted by molar-refractivity contribution is -0.133. The van der Waals surface area contributed by atoms with Crippen molar-refractivity contribution in [3.63, 3.8) is 0 Å². The lowest BCUT2D eigenvalue weighted by atomic mass is 10.0. The standard InChI is InChI=1S/C19H28N2O/c22-19(11-10-17-6-4-5-7-17)21-14-12-20(13-15-21)16-18-8-2-1-3-9-18/h1-3,8-9,17H,4-7,10-16H2. The van der Waals surface area contributed by atoms with Gasteiger partial charge in [-0.05, 0) is 17.9 Å². The van der Waals surface area contributed by atoms with Crippen molar-refractivity contribution >= 4 is 5.91 Å². The van der Waals surface area contributed by atoms with Gasteiger partial charge in [0.15, 0.2) is 0 Å². The number of hydrogen-bond donors (Lipinski definition) is 0. The molecule has 2 fully saturated rings. The van der Waals surface area contributed by atoms with Crippen LogP contribution in [0.5, 0.6) is 0 Å². The molecule has 3 rings (SSSR count). The third-order valence-electron chi connectivity index (χ3n) is 5.22. The van der Waals surface area contributed by atoms with Gasteiger partial charge in [0.05, 0.1) is 0 Å². The first-order chi connectivity index (χ1) is 10.8. The summed E-state index contributed by atoms with van der Waals surface area (Å²) in [5, 5.41) is 0. The number of carbonyl (C=O) groups is 1. The minimum Gasteiger partial charge on any atom is -0.340 e. The molecule has 3 nitrogen and oxygen atoms in total. The molecular formula is C19H28N2O. The van der Waals surface area contributed by atoms with Crippen LogP contribution in [0.2, 0.25) is 0 Å². The van der Waals surface area contributed by atoms with Crippen molar-refractivity contribution in [1.82, 2.24) is 9.80 Å². The van der Waals surface area contributed by atoms with Crippen LogP contribution < -0.4 is 0 Å². The second kappa shape index (κ2) is 7.77. The predicted molar refractivity (Wildman–Crippen MR) is 89.5 cm³/mol. The average Bonchev–Trinajstić information content (AvgIpc) is 3.08. The number of piperazine rings is 1. The van der Waals surface area contributed by atoms with E-state index in [4.69, 9.17) is 0 Å². The molecule has 1 aromatic carbocycles. The molecule has 1 saturated heterocycles. The van der Waals surface area contributed by atoms with Crippen LogP contribution in [-0.4, -0.2) is 41.9 Å². The third kappa shape index (κ3) is 4.33. The highest BCUT2D eigenvalue weighted by molar-refractivity contribution is 5.76. The Balaban J connectivity index is 1.38. The molecule has 1 heterocycles. The van der Waals surface area contributed by atoms with Gasteiger partial charge in [-0.3, -0.25) is 9.69 Å². The summed E-state index contributed by atoms with van der Waals surface area (Å²) in [5.74, 6) is 1.20. The van der Waals surface area contributed by atoms with Crippen molar-refractivity contribution < 1.29 is 4.79 Å². The Labute approximate surface area is 134 Å². The summed E-state index contributed by atoms with van der Waals surface area (Å²) in [6, 6.07) is 10.6. The topological polar surface area (TPSA) is 23.6 Å². The summed E-state index contributed by atoms with van der Waals surface area (Å²) in [4.78, 5) is 16.9. The molecule has 0 N–H and O–H groups in total. The van der Waals surface area contributed by atoms with Crippen LogP contribution in [0, 0.1) is 5.92 Å². The molecule has 2 aliphatic rings. The first-order valence-corrected chi connectivity index (χ1v) is 8.85. The third-order valence-corrected chi connectivity index (χ3v) is 5.22. The smallest absolute Gasteiger partial charge is 0.222 e. The van der Waals surface area contributed by atoms with Crippen molar-refractivity contribution in [2.45, 2.75) is 45.1 Å². The summed E-state index contributed by atoms with van der Waals surface area (Å²) in [7, 11) is 0. The van der Waals surface area contributed by atoms with Crippen LogP contribution in [0.4, 0.5) is 0 Å². The number of amides is 1. The zero-order valence-electron chi connectivity index (χ0n) is 13.5. The maximum absolute atomic E-state index is 12.3. The largest absolute Gasteiger partial charge is 0.340 e. The zero-order valence-corrected chi connectivity index (χ0v) is 13.5. The molecule has 1 aromatic rings. The van der Waals surface area contributed by atoms with Crippen molar-refractivity contribution in [2.24, 2.45) is 5.92 Å². The SMILES string of the molecule is O=C(CCC1CCCC1)N1CCN(Cc2ccccc2)CC1. The fourth-order valence-corrected chi connectivity index (χ4v) is 3.78. The molecular weight excluding hydrogens is 272 g/mol. The molecule has 22 heavy (non-hydrogen) atoms. The number of carbonyl (C=O) groups excluding carboxylic acids is 1. The van der Waals surface area contributed by atoms with Crippen LogP contribution in [0.25, 0.3) is 0 Å². The van der Waals surface area contributed by atoms with E-state index in [-0.39, 0.29) is 0 Å². The second-order valence-corrected chi connectivity index (χ2v) is 6.83. The van der Waals surface area contributed by atoms with Gasteiger partial charge in [-0.15, -0.1) is 0 Å². The van der Waals surface area contributed by atoms with Crippen LogP contribution in [0.3, 0.4) is 0 Å². The van der Waals surface area contributed by atoms with E-state index in [1.54, 1.807) is 0 Å². The van der Waals surface area contributed by atoms with E-state index < -0.39 is 0 Å². The highest BCUT2D eigenvalue weighted by atomic mass is 16.2. The van der Waals surface area contributed by atoms with Crippen molar-refractivity contribution in [3.05, 3.63) is 35.9 Å². The van der Waals surface area contributed by atoms with Gasteiger partial charge in [-0.1, -0.05) is 56.0 Å². The number of benzene rings is 1. The van der Waals surface area contributed by atoms with E-state index >= 15 is 0 Å². The molecule has 0 radical (unpaired) electrons. The summed E-state index contributed by atoms with van der Waals surface area (Å²) in [5.41, 5.74) is 1.36.